The number of amides is 2. The number of aromatic nitrogens is 1. The van der Waals surface area contributed by atoms with E-state index in [4.69, 9.17) is 0 Å². The molecule has 4 saturated carbocycles. The highest BCUT2D eigenvalue weighted by atomic mass is 16.2. The molecule has 5 fully saturated rings. The third kappa shape index (κ3) is 2.63. The summed E-state index contributed by atoms with van der Waals surface area (Å²) >= 11 is 0. The van der Waals surface area contributed by atoms with Gasteiger partial charge in [0.15, 0.2) is 0 Å². The molecule has 2 heterocycles. The van der Waals surface area contributed by atoms with Gasteiger partial charge in [-0.2, -0.15) is 0 Å². The minimum absolute atomic E-state index is 0.0208. The van der Waals surface area contributed by atoms with E-state index >= 15 is 0 Å². The lowest BCUT2D eigenvalue weighted by atomic mass is 9.49. The number of hydrogen-bond donors (Lipinski definition) is 0. The number of carbonyl (C=O) groups is 2. The van der Waals surface area contributed by atoms with Gasteiger partial charge in [0.05, 0.1) is 5.41 Å². The molecule has 4 aliphatic carbocycles. The van der Waals surface area contributed by atoms with Gasteiger partial charge < -0.3 is 9.80 Å². The first-order chi connectivity index (χ1) is 12.6. The third-order valence-electron chi connectivity index (χ3n) is 7.23. The maximum absolute atomic E-state index is 13.4. The summed E-state index contributed by atoms with van der Waals surface area (Å²) in [5.41, 5.74) is 0.426. The van der Waals surface area contributed by atoms with Gasteiger partial charge in [0.2, 0.25) is 5.91 Å². The van der Waals surface area contributed by atoms with Gasteiger partial charge >= 0.3 is 0 Å². The third-order valence-corrected chi connectivity index (χ3v) is 7.23. The smallest absolute Gasteiger partial charge is 0.272 e. The topological polar surface area (TPSA) is 53.5 Å². The van der Waals surface area contributed by atoms with E-state index in [1.54, 1.807) is 12.3 Å². The average molecular weight is 353 g/mol. The molecule has 6 rings (SSSR count). The van der Waals surface area contributed by atoms with Crippen LogP contribution in [0.1, 0.15) is 49.0 Å². The van der Waals surface area contributed by atoms with E-state index in [0.29, 0.717) is 37.8 Å². The van der Waals surface area contributed by atoms with Gasteiger partial charge in [-0.1, -0.05) is 6.07 Å². The second kappa shape index (κ2) is 6.07. The summed E-state index contributed by atoms with van der Waals surface area (Å²) in [7, 11) is 0. The zero-order chi connectivity index (χ0) is 17.7. The molecule has 5 nitrogen and oxygen atoms in total. The number of rotatable bonds is 2. The van der Waals surface area contributed by atoms with Crippen molar-refractivity contribution in [2.24, 2.45) is 23.2 Å². The van der Waals surface area contributed by atoms with Crippen molar-refractivity contribution < 1.29 is 9.59 Å². The number of pyridine rings is 1. The van der Waals surface area contributed by atoms with E-state index in [-0.39, 0.29) is 11.3 Å². The second-order valence-electron chi connectivity index (χ2n) is 9.00. The SMILES string of the molecule is O=C(c1ccccn1)N1CCN(C(=O)C23CC4CC(CC(C4)C2)C3)CC1. The maximum Gasteiger partial charge on any atom is 0.272 e. The van der Waals surface area contributed by atoms with Crippen LogP contribution in [-0.2, 0) is 4.79 Å². The van der Waals surface area contributed by atoms with Crippen LogP contribution in [0.25, 0.3) is 0 Å². The molecule has 0 spiro atoms. The van der Waals surface area contributed by atoms with Gasteiger partial charge in [-0.05, 0) is 68.4 Å². The second-order valence-corrected chi connectivity index (χ2v) is 9.00. The first-order valence-electron chi connectivity index (χ1n) is 10.1. The van der Waals surface area contributed by atoms with Crippen molar-refractivity contribution in [1.82, 2.24) is 14.8 Å². The normalized spacial score (nSPS) is 35.6. The van der Waals surface area contributed by atoms with E-state index < -0.39 is 0 Å². The molecule has 4 bridgehead atoms. The maximum atomic E-state index is 13.4. The molecule has 0 N–H and O–H groups in total. The number of piperazine rings is 1. The summed E-state index contributed by atoms with van der Waals surface area (Å²) < 4.78 is 0. The highest BCUT2D eigenvalue weighted by Crippen LogP contribution is 2.60. The monoisotopic (exact) mass is 353 g/mol. The Hall–Kier alpha value is -1.91. The molecule has 0 atom stereocenters. The Morgan fingerprint density at radius 2 is 1.46 bits per heavy atom. The minimum Gasteiger partial charge on any atom is -0.339 e. The number of nitrogens with zero attached hydrogens (tertiary/aromatic N) is 3. The lowest BCUT2D eigenvalue weighted by Gasteiger charge is -2.57. The highest BCUT2D eigenvalue weighted by molar-refractivity contribution is 5.92. The first kappa shape index (κ1) is 16.3. The summed E-state index contributed by atoms with van der Waals surface area (Å²) in [6.07, 6.45) is 9.08. The highest BCUT2D eigenvalue weighted by Gasteiger charge is 2.55. The minimum atomic E-state index is -0.0675. The summed E-state index contributed by atoms with van der Waals surface area (Å²) in [5, 5.41) is 0. The fourth-order valence-corrected chi connectivity index (χ4v) is 6.47. The summed E-state index contributed by atoms with van der Waals surface area (Å²) in [6.45, 7) is 2.57. The van der Waals surface area contributed by atoms with Crippen molar-refractivity contribution in [1.29, 1.82) is 0 Å². The van der Waals surface area contributed by atoms with E-state index in [0.717, 1.165) is 37.0 Å². The molecule has 2 amide bonds. The Labute approximate surface area is 154 Å². The van der Waals surface area contributed by atoms with Crippen LogP contribution in [0, 0.1) is 23.2 Å². The predicted molar refractivity (Wildman–Crippen MR) is 97.3 cm³/mol. The lowest BCUT2D eigenvalue weighted by Crippen LogP contribution is -2.58. The van der Waals surface area contributed by atoms with E-state index in [1.165, 1.54) is 19.3 Å². The van der Waals surface area contributed by atoms with Crippen LogP contribution in [0.15, 0.2) is 24.4 Å². The van der Waals surface area contributed by atoms with Gasteiger partial charge in [0.25, 0.3) is 5.91 Å². The van der Waals surface area contributed by atoms with Crippen molar-refractivity contribution >= 4 is 11.8 Å². The Bertz CT molecular complexity index is 674. The molecule has 0 aromatic carbocycles. The number of hydrogen-bond acceptors (Lipinski definition) is 3. The van der Waals surface area contributed by atoms with Crippen molar-refractivity contribution in [3.05, 3.63) is 30.1 Å². The van der Waals surface area contributed by atoms with Crippen LogP contribution in [0.2, 0.25) is 0 Å². The lowest BCUT2D eigenvalue weighted by molar-refractivity contribution is -0.159. The van der Waals surface area contributed by atoms with Gasteiger partial charge in [-0.15, -0.1) is 0 Å². The zero-order valence-corrected chi connectivity index (χ0v) is 15.3. The molecule has 5 aliphatic rings. The Morgan fingerprint density at radius 3 is 2.00 bits per heavy atom. The summed E-state index contributed by atoms with van der Waals surface area (Å²) in [5.74, 6) is 2.74. The molecule has 1 aromatic heterocycles. The van der Waals surface area contributed by atoms with Gasteiger partial charge in [0, 0.05) is 32.4 Å². The van der Waals surface area contributed by atoms with Crippen molar-refractivity contribution in [3.8, 4) is 0 Å². The standard InChI is InChI=1S/C21H27N3O2/c25-19(18-3-1-2-4-22-18)23-5-7-24(8-6-23)20(26)21-12-15-9-16(13-21)11-17(10-15)14-21/h1-4,15-17H,5-14H2. The summed E-state index contributed by atoms with van der Waals surface area (Å²) in [4.78, 5) is 34.0. The van der Waals surface area contributed by atoms with E-state index in [9.17, 15) is 9.59 Å². The van der Waals surface area contributed by atoms with Gasteiger partial charge in [-0.25, -0.2) is 0 Å². The largest absolute Gasteiger partial charge is 0.339 e. The molecular weight excluding hydrogens is 326 g/mol. The van der Waals surface area contributed by atoms with Crippen molar-refractivity contribution in [2.75, 3.05) is 26.2 Å². The molecular formula is C21H27N3O2. The van der Waals surface area contributed by atoms with Crippen LogP contribution < -0.4 is 0 Å². The fourth-order valence-electron chi connectivity index (χ4n) is 6.47. The van der Waals surface area contributed by atoms with Gasteiger partial charge in [-0.3, -0.25) is 14.6 Å². The van der Waals surface area contributed by atoms with Crippen LogP contribution in [0.3, 0.4) is 0 Å². The Balaban J connectivity index is 1.24. The Kier molecular flexibility index (Phi) is 3.80. The van der Waals surface area contributed by atoms with Crippen LogP contribution in [-0.4, -0.2) is 52.8 Å². The molecule has 0 radical (unpaired) electrons. The van der Waals surface area contributed by atoms with Crippen LogP contribution in [0.4, 0.5) is 0 Å². The first-order valence-corrected chi connectivity index (χ1v) is 10.1. The van der Waals surface area contributed by atoms with E-state index in [2.05, 4.69) is 9.88 Å². The zero-order valence-electron chi connectivity index (χ0n) is 15.3. The summed E-state index contributed by atoms with van der Waals surface area (Å²) in [6, 6.07) is 5.42. The molecule has 1 aliphatic heterocycles. The average Bonchev–Trinajstić information content (AvgIpc) is 2.67. The molecule has 26 heavy (non-hydrogen) atoms. The quantitative estimate of drug-likeness (QED) is 0.821. The fraction of sp³-hybridized carbons (Fsp3) is 0.667. The van der Waals surface area contributed by atoms with Crippen molar-refractivity contribution in [2.45, 2.75) is 38.5 Å². The molecule has 1 saturated heterocycles. The molecule has 5 heteroatoms. The number of carbonyl (C=O) groups excluding carboxylic acids is 2. The Morgan fingerprint density at radius 1 is 0.885 bits per heavy atom. The molecule has 0 unspecified atom stereocenters. The van der Waals surface area contributed by atoms with E-state index in [1.807, 2.05) is 17.0 Å². The van der Waals surface area contributed by atoms with Gasteiger partial charge in [0.1, 0.15) is 5.69 Å². The van der Waals surface area contributed by atoms with Crippen LogP contribution in [0.5, 0.6) is 0 Å². The molecule has 1 aromatic rings. The molecule has 138 valence electrons. The van der Waals surface area contributed by atoms with Crippen molar-refractivity contribution in [3.63, 3.8) is 0 Å². The predicted octanol–water partition coefficient (Wildman–Crippen LogP) is 2.58. The van der Waals surface area contributed by atoms with Crippen LogP contribution >= 0.6 is 0 Å².